The summed E-state index contributed by atoms with van der Waals surface area (Å²) in [6.07, 6.45) is 5.76. The summed E-state index contributed by atoms with van der Waals surface area (Å²) in [4.78, 5) is 24.1. The first-order chi connectivity index (χ1) is 16.4. The van der Waals surface area contributed by atoms with Crippen molar-refractivity contribution in [2.45, 2.75) is 12.8 Å². The number of piperazine rings is 1. The van der Waals surface area contributed by atoms with E-state index in [1.165, 1.54) is 60.6 Å². The number of carboxylic acid groups (broad SMARTS) is 2. The van der Waals surface area contributed by atoms with Crippen LogP contribution >= 0.6 is 0 Å². The van der Waals surface area contributed by atoms with Gasteiger partial charge in [-0.2, -0.15) is 0 Å². The first kappa shape index (κ1) is 25.2. The number of allylic oxidation sites excluding steroid dienone is 1. The molecule has 34 heavy (non-hydrogen) atoms. The molecule has 0 aromatic heterocycles. The first-order valence-electron chi connectivity index (χ1n) is 11.4. The molecule has 2 aliphatic rings. The van der Waals surface area contributed by atoms with Gasteiger partial charge in [0.1, 0.15) is 5.75 Å². The van der Waals surface area contributed by atoms with Crippen molar-refractivity contribution < 1.29 is 24.5 Å². The number of benzene rings is 2. The highest BCUT2D eigenvalue weighted by Crippen LogP contribution is 2.37. The van der Waals surface area contributed by atoms with E-state index in [9.17, 15) is 9.59 Å². The molecule has 7 nitrogen and oxygen atoms in total. The van der Waals surface area contributed by atoms with E-state index in [0.29, 0.717) is 12.2 Å². The zero-order valence-corrected chi connectivity index (χ0v) is 19.7. The van der Waals surface area contributed by atoms with Crippen LogP contribution in [-0.4, -0.2) is 78.8 Å². The van der Waals surface area contributed by atoms with Crippen molar-refractivity contribution in [2.24, 2.45) is 0 Å². The fourth-order valence-corrected chi connectivity index (χ4v) is 4.21. The van der Waals surface area contributed by atoms with Gasteiger partial charge in [0.05, 0.1) is 7.11 Å². The van der Waals surface area contributed by atoms with Gasteiger partial charge >= 0.3 is 11.9 Å². The second-order valence-electron chi connectivity index (χ2n) is 8.40. The Morgan fingerprint density at radius 3 is 2.15 bits per heavy atom. The lowest BCUT2D eigenvalue weighted by Gasteiger charge is -2.32. The van der Waals surface area contributed by atoms with Crippen molar-refractivity contribution in [1.29, 1.82) is 0 Å². The lowest BCUT2D eigenvalue weighted by Crippen LogP contribution is -2.44. The molecule has 180 valence electrons. The fraction of sp³-hybridized carbons (Fsp3) is 0.333. The van der Waals surface area contributed by atoms with Crippen molar-refractivity contribution in [3.05, 3.63) is 71.8 Å². The van der Waals surface area contributed by atoms with Gasteiger partial charge in [0.15, 0.2) is 0 Å². The highest BCUT2D eigenvalue weighted by Gasteiger charge is 2.19. The van der Waals surface area contributed by atoms with Crippen molar-refractivity contribution in [1.82, 2.24) is 9.80 Å². The van der Waals surface area contributed by atoms with Gasteiger partial charge in [0.25, 0.3) is 0 Å². The molecule has 2 aromatic carbocycles. The molecular weight excluding hydrogens is 432 g/mol. The highest BCUT2D eigenvalue weighted by molar-refractivity contribution is 5.89. The number of nitrogens with zero attached hydrogens (tertiary/aromatic N) is 2. The molecular formula is C27H32N2O5. The fourth-order valence-electron chi connectivity index (χ4n) is 4.21. The Labute approximate surface area is 200 Å². The van der Waals surface area contributed by atoms with E-state index < -0.39 is 11.9 Å². The zero-order chi connectivity index (χ0) is 24.5. The molecule has 0 amide bonds. The standard InChI is InChI=1S/C23H28N2O.C4H4O4/c1-24-14-16-25(17-15-24)13-12-19-8-11-23-21(4-3-5-22(19)23)18-6-9-20(26-2)10-7-18;5-3(6)1-2-4(7)8/h3-10H,11-17H2,1-2H3;1-2H,(H,5,6)(H,7,8)/b;2-1-. The number of hydrogen-bond acceptors (Lipinski definition) is 5. The number of hydrogen-bond donors (Lipinski definition) is 2. The molecule has 1 saturated heterocycles. The second kappa shape index (κ2) is 12.2. The summed E-state index contributed by atoms with van der Waals surface area (Å²) in [6.45, 7) is 5.95. The van der Waals surface area contributed by atoms with Gasteiger partial charge in [0, 0.05) is 44.9 Å². The van der Waals surface area contributed by atoms with E-state index >= 15 is 0 Å². The third-order valence-corrected chi connectivity index (χ3v) is 6.14. The molecule has 1 heterocycles. The summed E-state index contributed by atoms with van der Waals surface area (Å²) in [5.74, 6) is -1.60. The molecule has 0 bridgehead atoms. The number of carboxylic acids is 2. The van der Waals surface area contributed by atoms with Gasteiger partial charge in [-0.05, 0) is 59.8 Å². The minimum atomic E-state index is -1.26. The van der Waals surface area contributed by atoms with Crippen LogP contribution in [0.1, 0.15) is 17.5 Å². The molecule has 0 saturated carbocycles. The largest absolute Gasteiger partial charge is 0.497 e. The van der Waals surface area contributed by atoms with Crippen molar-refractivity contribution in [3.8, 4) is 16.9 Å². The number of carbonyl (C=O) groups is 2. The molecule has 2 N–H and O–H groups in total. The maximum absolute atomic E-state index is 9.55. The topological polar surface area (TPSA) is 90.3 Å². The molecule has 0 unspecified atom stereocenters. The molecule has 1 fully saturated rings. The average molecular weight is 465 g/mol. The van der Waals surface area contributed by atoms with Crippen LogP contribution in [0.2, 0.25) is 0 Å². The van der Waals surface area contributed by atoms with E-state index in [1.54, 1.807) is 7.11 Å². The second-order valence-corrected chi connectivity index (χ2v) is 8.40. The van der Waals surface area contributed by atoms with E-state index in [1.807, 2.05) is 12.1 Å². The van der Waals surface area contributed by atoms with Crippen LogP contribution in [-0.2, 0) is 16.0 Å². The summed E-state index contributed by atoms with van der Waals surface area (Å²) in [5.41, 5.74) is 7.08. The predicted molar refractivity (Wildman–Crippen MR) is 133 cm³/mol. The van der Waals surface area contributed by atoms with E-state index in [2.05, 4.69) is 53.3 Å². The minimum Gasteiger partial charge on any atom is -0.497 e. The number of likely N-dealkylation sites (N-methyl/N-ethyl adjacent to an activating group) is 1. The number of fused-ring (bicyclic) bond motifs is 1. The Morgan fingerprint density at radius 1 is 0.941 bits per heavy atom. The number of aliphatic carboxylic acids is 2. The summed E-state index contributed by atoms with van der Waals surface area (Å²) >= 11 is 0. The van der Waals surface area contributed by atoms with Crippen LogP contribution in [0.15, 0.2) is 60.7 Å². The maximum atomic E-state index is 9.55. The van der Waals surface area contributed by atoms with Gasteiger partial charge in [-0.15, -0.1) is 0 Å². The van der Waals surface area contributed by atoms with Crippen LogP contribution in [0.3, 0.4) is 0 Å². The normalized spacial score (nSPS) is 15.9. The molecule has 2 aromatic rings. The smallest absolute Gasteiger partial charge is 0.328 e. The Hall–Kier alpha value is -3.42. The van der Waals surface area contributed by atoms with Crippen molar-refractivity contribution in [2.75, 3.05) is 46.9 Å². The average Bonchev–Trinajstić information content (AvgIpc) is 3.26. The SMILES string of the molecule is COc1ccc(-c2cccc3c2CC=C3CCN2CCN(C)CC2)cc1.O=C(O)/C=C\C(=O)O. The summed E-state index contributed by atoms with van der Waals surface area (Å²) in [7, 11) is 3.93. The van der Waals surface area contributed by atoms with E-state index in [4.69, 9.17) is 14.9 Å². The zero-order valence-electron chi connectivity index (χ0n) is 19.7. The lowest BCUT2D eigenvalue weighted by atomic mass is 9.94. The quantitative estimate of drug-likeness (QED) is 0.605. The van der Waals surface area contributed by atoms with E-state index in [0.717, 1.165) is 18.6 Å². The van der Waals surface area contributed by atoms with E-state index in [-0.39, 0.29) is 0 Å². The minimum absolute atomic E-state index is 0.558. The Balaban J connectivity index is 0.000000350. The highest BCUT2D eigenvalue weighted by atomic mass is 16.5. The van der Waals surface area contributed by atoms with Gasteiger partial charge in [-0.1, -0.05) is 36.4 Å². The summed E-state index contributed by atoms with van der Waals surface area (Å²) in [5, 5.41) is 15.6. The van der Waals surface area contributed by atoms with Crippen LogP contribution in [0.5, 0.6) is 5.75 Å². The lowest BCUT2D eigenvalue weighted by molar-refractivity contribution is -0.134. The molecule has 0 atom stereocenters. The predicted octanol–water partition coefficient (Wildman–Crippen LogP) is 3.65. The van der Waals surface area contributed by atoms with Gasteiger partial charge < -0.3 is 24.7 Å². The third kappa shape index (κ3) is 7.04. The Bertz CT molecular complexity index is 1040. The molecule has 1 aliphatic carbocycles. The Kier molecular flexibility index (Phi) is 9.01. The monoisotopic (exact) mass is 464 g/mol. The van der Waals surface area contributed by atoms with Gasteiger partial charge in [-0.3, -0.25) is 0 Å². The number of methoxy groups -OCH3 is 1. The molecule has 0 spiro atoms. The molecule has 7 heteroatoms. The van der Waals surface area contributed by atoms with Crippen molar-refractivity contribution >= 4 is 17.5 Å². The number of ether oxygens (including phenoxy) is 1. The van der Waals surface area contributed by atoms with Crippen LogP contribution in [0.4, 0.5) is 0 Å². The molecule has 1 aliphatic heterocycles. The van der Waals surface area contributed by atoms with Crippen molar-refractivity contribution in [3.63, 3.8) is 0 Å². The number of rotatable bonds is 7. The third-order valence-electron chi connectivity index (χ3n) is 6.14. The summed E-state index contributed by atoms with van der Waals surface area (Å²) in [6, 6.07) is 15.2. The first-order valence-corrected chi connectivity index (χ1v) is 11.4. The Morgan fingerprint density at radius 2 is 1.56 bits per heavy atom. The van der Waals surface area contributed by atoms with Gasteiger partial charge in [-0.25, -0.2) is 9.59 Å². The maximum Gasteiger partial charge on any atom is 0.328 e. The van der Waals surface area contributed by atoms with Crippen LogP contribution in [0, 0.1) is 0 Å². The molecule has 4 rings (SSSR count). The molecule has 0 radical (unpaired) electrons. The van der Waals surface area contributed by atoms with Gasteiger partial charge in [0.2, 0.25) is 0 Å². The van der Waals surface area contributed by atoms with Crippen LogP contribution < -0.4 is 4.74 Å². The summed E-state index contributed by atoms with van der Waals surface area (Å²) < 4.78 is 5.29. The van der Waals surface area contributed by atoms with Crippen LogP contribution in [0.25, 0.3) is 16.7 Å².